The number of hydrogen-bond acceptors (Lipinski definition) is 3. The van der Waals surface area contributed by atoms with Gasteiger partial charge < -0.3 is 0 Å². The van der Waals surface area contributed by atoms with E-state index in [1.54, 1.807) is 0 Å². The van der Waals surface area contributed by atoms with E-state index in [9.17, 15) is 0 Å². The molecular formula is C8H9Cl2N3. The van der Waals surface area contributed by atoms with E-state index in [0.717, 1.165) is 18.7 Å². The zero-order valence-electron chi connectivity index (χ0n) is 7.00. The predicted octanol–water partition coefficient (Wildman–Crippen LogP) is 2.84. The summed E-state index contributed by atoms with van der Waals surface area (Å²) >= 11 is 11.4. The molecule has 13 heavy (non-hydrogen) atoms. The Bertz CT molecular complexity index is 290. The number of rotatable bonds is 1. The van der Waals surface area contributed by atoms with Gasteiger partial charge in [0.15, 0.2) is 0 Å². The second kappa shape index (κ2) is 3.76. The van der Waals surface area contributed by atoms with Gasteiger partial charge in [-0.2, -0.15) is 4.98 Å². The first kappa shape index (κ1) is 9.16. The lowest BCUT2D eigenvalue weighted by molar-refractivity contribution is 0.661. The van der Waals surface area contributed by atoms with Gasteiger partial charge in [0.05, 0.1) is 0 Å². The summed E-state index contributed by atoms with van der Waals surface area (Å²) in [5.74, 6) is 1.18. The van der Waals surface area contributed by atoms with E-state index in [1.165, 1.54) is 12.8 Å². The molecule has 1 heterocycles. The summed E-state index contributed by atoms with van der Waals surface area (Å²) in [7, 11) is 0. The van der Waals surface area contributed by atoms with Gasteiger partial charge in [0.2, 0.25) is 10.6 Å². The molecule has 1 saturated carbocycles. The van der Waals surface area contributed by atoms with Gasteiger partial charge in [-0.15, -0.1) is 0 Å². The molecule has 0 N–H and O–H groups in total. The summed E-state index contributed by atoms with van der Waals surface area (Å²) in [5.41, 5.74) is 0. The molecule has 1 aromatic rings. The third kappa shape index (κ3) is 2.09. The number of nitrogens with zero attached hydrogens (tertiary/aromatic N) is 3. The Morgan fingerprint density at radius 3 is 2.00 bits per heavy atom. The summed E-state index contributed by atoms with van der Waals surface area (Å²) in [6.07, 6.45) is 4.75. The fourth-order valence-electron chi connectivity index (χ4n) is 1.71. The van der Waals surface area contributed by atoms with Crippen molar-refractivity contribution in [1.29, 1.82) is 0 Å². The fourth-order valence-corrected chi connectivity index (χ4v) is 2.08. The number of hydrogen-bond donors (Lipinski definition) is 0. The summed E-state index contributed by atoms with van der Waals surface area (Å²) < 4.78 is 0. The normalized spacial score (nSPS) is 18.0. The average Bonchev–Trinajstić information content (AvgIpc) is 2.53. The van der Waals surface area contributed by atoms with Crippen LogP contribution in [0.5, 0.6) is 0 Å². The molecule has 0 spiro atoms. The van der Waals surface area contributed by atoms with Crippen molar-refractivity contribution in [2.45, 2.75) is 31.6 Å². The minimum atomic E-state index is 0.196. The van der Waals surface area contributed by atoms with E-state index in [2.05, 4.69) is 15.0 Å². The van der Waals surface area contributed by atoms with Crippen LogP contribution >= 0.6 is 23.2 Å². The van der Waals surface area contributed by atoms with Crippen LogP contribution in [0.4, 0.5) is 0 Å². The van der Waals surface area contributed by atoms with Gasteiger partial charge in [-0.05, 0) is 36.0 Å². The van der Waals surface area contributed by atoms with Gasteiger partial charge >= 0.3 is 0 Å². The van der Waals surface area contributed by atoms with Crippen LogP contribution in [-0.2, 0) is 0 Å². The zero-order chi connectivity index (χ0) is 9.26. The second-order valence-electron chi connectivity index (χ2n) is 3.21. The number of halogens is 2. The lowest BCUT2D eigenvalue weighted by Crippen LogP contribution is -2.02. The Hall–Kier alpha value is -0.410. The summed E-state index contributed by atoms with van der Waals surface area (Å²) in [6.45, 7) is 0. The minimum absolute atomic E-state index is 0.196. The largest absolute Gasteiger partial charge is 0.226 e. The van der Waals surface area contributed by atoms with Crippen molar-refractivity contribution in [3.05, 3.63) is 16.4 Å². The van der Waals surface area contributed by atoms with Crippen molar-refractivity contribution >= 4 is 23.2 Å². The summed E-state index contributed by atoms with van der Waals surface area (Å²) in [6, 6.07) is 0. The molecule has 3 nitrogen and oxygen atoms in total. The van der Waals surface area contributed by atoms with Gasteiger partial charge in [0, 0.05) is 5.92 Å². The number of aromatic nitrogens is 3. The van der Waals surface area contributed by atoms with Crippen LogP contribution in [0.1, 0.15) is 37.4 Å². The maximum absolute atomic E-state index is 5.68. The Morgan fingerprint density at radius 1 is 0.923 bits per heavy atom. The van der Waals surface area contributed by atoms with E-state index >= 15 is 0 Å². The van der Waals surface area contributed by atoms with Crippen LogP contribution in [0.25, 0.3) is 0 Å². The Kier molecular flexibility index (Phi) is 2.65. The molecule has 0 aromatic carbocycles. The van der Waals surface area contributed by atoms with Crippen LogP contribution in [0, 0.1) is 0 Å². The highest BCUT2D eigenvalue weighted by molar-refractivity contribution is 6.31. The highest BCUT2D eigenvalue weighted by atomic mass is 35.5. The van der Waals surface area contributed by atoms with E-state index < -0.39 is 0 Å². The molecule has 0 aliphatic heterocycles. The monoisotopic (exact) mass is 217 g/mol. The fraction of sp³-hybridized carbons (Fsp3) is 0.625. The third-order valence-corrected chi connectivity index (χ3v) is 2.66. The lowest BCUT2D eigenvalue weighted by atomic mass is 10.1. The van der Waals surface area contributed by atoms with Crippen molar-refractivity contribution in [1.82, 2.24) is 15.0 Å². The molecule has 0 unspecified atom stereocenters. The minimum Gasteiger partial charge on any atom is -0.202 e. The Labute approximate surface area is 86.5 Å². The summed E-state index contributed by atoms with van der Waals surface area (Å²) in [4.78, 5) is 11.9. The molecule has 0 amide bonds. The van der Waals surface area contributed by atoms with Crippen LogP contribution < -0.4 is 0 Å². The van der Waals surface area contributed by atoms with Crippen molar-refractivity contribution in [3.8, 4) is 0 Å². The van der Waals surface area contributed by atoms with E-state index in [4.69, 9.17) is 23.2 Å². The summed E-state index contributed by atoms with van der Waals surface area (Å²) in [5, 5.41) is 0.392. The van der Waals surface area contributed by atoms with Crippen LogP contribution in [0.15, 0.2) is 0 Å². The predicted molar refractivity (Wildman–Crippen MR) is 51.1 cm³/mol. The average molecular weight is 218 g/mol. The van der Waals surface area contributed by atoms with Crippen LogP contribution in [0.2, 0.25) is 10.6 Å². The van der Waals surface area contributed by atoms with Crippen molar-refractivity contribution in [2.24, 2.45) is 0 Å². The standard InChI is InChI=1S/C8H9Cl2N3/c9-7-11-6(12-8(10)13-7)5-3-1-2-4-5/h5H,1-4H2. The molecule has 2 rings (SSSR count). The van der Waals surface area contributed by atoms with Crippen LogP contribution in [-0.4, -0.2) is 15.0 Å². The molecule has 5 heteroatoms. The van der Waals surface area contributed by atoms with Gasteiger partial charge in [0.25, 0.3) is 0 Å². The molecule has 0 bridgehead atoms. The van der Waals surface area contributed by atoms with E-state index in [-0.39, 0.29) is 10.6 Å². The molecule has 1 aromatic heterocycles. The highest BCUT2D eigenvalue weighted by Gasteiger charge is 2.20. The molecule has 1 aliphatic carbocycles. The first-order valence-corrected chi connectivity index (χ1v) is 5.08. The smallest absolute Gasteiger partial charge is 0.202 e. The Balaban J connectivity index is 2.28. The van der Waals surface area contributed by atoms with Gasteiger partial charge in [0.1, 0.15) is 5.82 Å². The molecule has 1 aliphatic rings. The molecule has 0 radical (unpaired) electrons. The van der Waals surface area contributed by atoms with E-state index in [0.29, 0.717) is 5.92 Å². The molecule has 70 valence electrons. The molecule has 0 atom stereocenters. The molecular weight excluding hydrogens is 209 g/mol. The maximum Gasteiger partial charge on any atom is 0.226 e. The Morgan fingerprint density at radius 2 is 1.46 bits per heavy atom. The van der Waals surface area contributed by atoms with E-state index in [1.807, 2.05) is 0 Å². The van der Waals surface area contributed by atoms with Gasteiger partial charge in [-0.25, -0.2) is 9.97 Å². The highest BCUT2D eigenvalue weighted by Crippen LogP contribution is 2.32. The van der Waals surface area contributed by atoms with Crippen molar-refractivity contribution in [3.63, 3.8) is 0 Å². The van der Waals surface area contributed by atoms with Crippen LogP contribution in [0.3, 0.4) is 0 Å². The topological polar surface area (TPSA) is 38.7 Å². The molecule has 0 saturated heterocycles. The quantitative estimate of drug-likeness (QED) is 0.727. The zero-order valence-corrected chi connectivity index (χ0v) is 8.52. The SMILES string of the molecule is Clc1nc(Cl)nc(C2CCCC2)n1. The first-order chi connectivity index (χ1) is 6.25. The van der Waals surface area contributed by atoms with Gasteiger partial charge in [-0.1, -0.05) is 12.8 Å². The van der Waals surface area contributed by atoms with Crippen molar-refractivity contribution < 1.29 is 0 Å². The maximum atomic E-state index is 5.68. The lowest BCUT2D eigenvalue weighted by Gasteiger charge is -2.06. The van der Waals surface area contributed by atoms with Crippen molar-refractivity contribution in [2.75, 3.05) is 0 Å². The second-order valence-corrected chi connectivity index (χ2v) is 3.89. The van der Waals surface area contributed by atoms with Gasteiger partial charge in [-0.3, -0.25) is 0 Å². The third-order valence-electron chi connectivity index (χ3n) is 2.32. The first-order valence-electron chi connectivity index (χ1n) is 4.32. The molecule has 1 fully saturated rings.